The maximum atomic E-state index is 13.2. The molecular formula is C57H101NO5. The second-order valence-corrected chi connectivity index (χ2v) is 18.0. The number of amides is 1. The van der Waals surface area contributed by atoms with Crippen molar-refractivity contribution in [3.05, 3.63) is 72.9 Å². The molecular weight excluding hydrogens is 779 g/mol. The van der Waals surface area contributed by atoms with Gasteiger partial charge in [-0.05, 0) is 70.6 Å². The van der Waals surface area contributed by atoms with E-state index in [0.29, 0.717) is 19.3 Å². The van der Waals surface area contributed by atoms with Crippen LogP contribution in [0.15, 0.2) is 72.9 Å². The third kappa shape index (κ3) is 45.7. The third-order valence-electron chi connectivity index (χ3n) is 11.9. The highest BCUT2D eigenvalue weighted by Crippen LogP contribution is 2.17. The molecule has 0 aliphatic heterocycles. The minimum atomic E-state index is -0.803. The van der Waals surface area contributed by atoms with Gasteiger partial charge in [0.25, 0.3) is 0 Å². The lowest BCUT2D eigenvalue weighted by Crippen LogP contribution is -2.46. The first-order valence-corrected chi connectivity index (χ1v) is 26.7. The Labute approximate surface area is 390 Å². The molecule has 0 aromatic rings. The van der Waals surface area contributed by atoms with Crippen LogP contribution < -0.4 is 5.32 Å². The number of hydrogen-bond donors (Lipinski definition) is 3. The Bertz CT molecular complexity index is 1170. The fourth-order valence-electron chi connectivity index (χ4n) is 7.81. The van der Waals surface area contributed by atoms with Crippen LogP contribution in [-0.2, 0) is 14.3 Å². The first kappa shape index (κ1) is 60.3. The van der Waals surface area contributed by atoms with Crippen molar-refractivity contribution in [2.75, 3.05) is 6.61 Å². The maximum absolute atomic E-state index is 13.2. The molecule has 0 heterocycles. The molecule has 0 radical (unpaired) electrons. The fourth-order valence-corrected chi connectivity index (χ4v) is 7.81. The normalized spacial score (nSPS) is 13.8. The predicted octanol–water partition coefficient (Wildman–Crippen LogP) is 16.2. The predicted molar refractivity (Wildman–Crippen MR) is 273 cm³/mol. The van der Waals surface area contributed by atoms with Gasteiger partial charge in [0, 0.05) is 6.42 Å². The molecule has 0 saturated carbocycles. The minimum Gasteiger partial charge on any atom is -0.462 e. The van der Waals surface area contributed by atoms with Gasteiger partial charge in [0.15, 0.2) is 0 Å². The molecule has 3 N–H and O–H groups in total. The number of carbonyl (C=O) groups is 2. The van der Waals surface area contributed by atoms with E-state index in [2.05, 4.69) is 62.5 Å². The van der Waals surface area contributed by atoms with Gasteiger partial charge in [0.2, 0.25) is 5.91 Å². The van der Waals surface area contributed by atoms with E-state index >= 15 is 0 Å². The largest absolute Gasteiger partial charge is 0.462 e. The summed E-state index contributed by atoms with van der Waals surface area (Å²) in [5.41, 5.74) is 0. The highest BCUT2D eigenvalue weighted by atomic mass is 16.5. The van der Waals surface area contributed by atoms with E-state index in [1.807, 2.05) is 36.5 Å². The number of rotatable bonds is 47. The van der Waals surface area contributed by atoms with E-state index in [1.165, 1.54) is 135 Å². The average Bonchev–Trinajstić information content (AvgIpc) is 3.28. The van der Waals surface area contributed by atoms with Crippen LogP contribution in [0.1, 0.15) is 252 Å². The molecule has 3 unspecified atom stereocenters. The van der Waals surface area contributed by atoms with Gasteiger partial charge in [-0.1, -0.05) is 241 Å². The van der Waals surface area contributed by atoms with Crippen molar-refractivity contribution in [1.29, 1.82) is 0 Å². The van der Waals surface area contributed by atoms with E-state index in [-0.39, 0.29) is 24.9 Å². The van der Waals surface area contributed by atoms with Crippen LogP contribution in [0.4, 0.5) is 0 Å². The Morgan fingerprint density at radius 3 is 1.37 bits per heavy atom. The van der Waals surface area contributed by atoms with Crippen LogP contribution in [0.3, 0.4) is 0 Å². The van der Waals surface area contributed by atoms with Crippen LogP contribution in [0.5, 0.6) is 0 Å². The Balaban J connectivity index is 4.69. The second kappa shape index (κ2) is 50.3. The molecule has 0 aliphatic carbocycles. The van der Waals surface area contributed by atoms with Crippen LogP contribution in [0.2, 0.25) is 0 Å². The van der Waals surface area contributed by atoms with Gasteiger partial charge in [0.05, 0.1) is 25.2 Å². The number of aliphatic hydroxyl groups is 2. The van der Waals surface area contributed by atoms with E-state index in [9.17, 15) is 19.8 Å². The minimum absolute atomic E-state index is 0.0458. The summed E-state index contributed by atoms with van der Waals surface area (Å²) in [7, 11) is 0. The van der Waals surface area contributed by atoms with Crippen molar-refractivity contribution in [3.8, 4) is 0 Å². The van der Waals surface area contributed by atoms with Crippen molar-refractivity contribution in [2.24, 2.45) is 0 Å². The molecule has 0 bridgehead atoms. The highest BCUT2D eigenvalue weighted by molar-refractivity contribution is 5.77. The fraction of sp³-hybridized carbons (Fsp3) is 0.754. The first-order chi connectivity index (χ1) is 31.0. The number of hydrogen-bond acceptors (Lipinski definition) is 5. The zero-order valence-corrected chi connectivity index (χ0v) is 41.4. The summed E-state index contributed by atoms with van der Waals surface area (Å²) in [6.45, 7) is 6.37. The second-order valence-electron chi connectivity index (χ2n) is 18.0. The Hall–Kier alpha value is -2.70. The van der Waals surface area contributed by atoms with Gasteiger partial charge in [-0.25, -0.2) is 0 Å². The van der Waals surface area contributed by atoms with Gasteiger partial charge < -0.3 is 20.3 Å². The zero-order valence-electron chi connectivity index (χ0n) is 41.4. The first-order valence-electron chi connectivity index (χ1n) is 26.7. The molecule has 3 atom stereocenters. The number of unbranched alkanes of at least 4 members (excludes halogenated alkanes) is 27. The molecule has 6 heteroatoms. The van der Waals surface area contributed by atoms with Crippen molar-refractivity contribution >= 4 is 11.9 Å². The Morgan fingerprint density at radius 1 is 0.460 bits per heavy atom. The quantitative estimate of drug-likeness (QED) is 0.0245. The molecule has 63 heavy (non-hydrogen) atoms. The summed E-state index contributed by atoms with van der Waals surface area (Å²) in [4.78, 5) is 26.2. The number of aliphatic hydroxyl groups excluding tert-OH is 2. The van der Waals surface area contributed by atoms with Crippen LogP contribution in [0.25, 0.3) is 0 Å². The highest BCUT2D eigenvalue weighted by Gasteiger charge is 2.24. The molecule has 0 spiro atoms. The van der Waals surface area contributed by atoms with E-state index < -0.39 is 18.2 Å². The number of allylic oxidation sites excluding steroid dienone is 12. The lowest BCUT2D eigenvalue weighted by molar-refractivity contribution is -0.151. The van der Waals surface area contributed by atoms with E-state index in [4.69, 9.17) is 4.74 Å². The molecule has 1 amide bonds. The van der Waals surface area contributed by atoms with E-state index in [0.717, 1.165) is 70.6 Å². The van der Waals surface area contributed by atoms with Gasteiger partial charge in [0.1, 0.15) is 6.10 Å². The maximum Gasteiger partial charge on any atom is 0.306 e. The summed E-state index contributed by atoms with van der Waals surface area (Å²) in [6, 6.07) is -0.719. The SMILES string of the molecule is CCC/C=C/C=C/C=C/C=C/C=C/CCCCCC(CC(=O)NC(CO)C(O)CCCCCCCCCCCCCCC)OC(=O)CCCCCCCCC/C=C\CCCCCC. The van der Waals surface area contributed by atoms with Crippen LogP contribution >= 0.6 is 0 Å². The molecule has 0 aliphatic rings. The molecule has 0 aromatic carbocycles. The molecule has 0 rings (SSSR count). The molecule has 0 aromatic heterocycles. The Morgan fingerprint density at radius 2 is 0.857 bits per heavy atom. The smallest absolute Gasteiger partial charge is 0.306 e. The van der Waals surface area contributed by atoms with E-state index in [1.54, 1.807) is 0 Å². The van der Waals surface area contributed by atoms with Crippen molar-refractivity contribution in [3.63, 3.8) is 0 Å². The van der Waals surface area contributed by atoms with Crippen molar-refractivity contribution in [2.45, 2.75) is 270 Å². The van der Waals surface area contributed by atoms with Crippen LogP contribution in [-0.4, -0.2) is 46.9 Å². The third-order valence-corrected chi connectivity index (χ3v) is 11.9. The van der Waals surface area contributed by atoms with Crippen molar-refractivity contribution < 1.29 is 24.5 Å². The summed E-state index contributed by atoms with van der Waals surface area (Å²) in [5, 5.41) is 23.8. The summed E-state index contributed by atoms with van der Waals surface area (Å²) in [5.74, 6) is -0.520. The summed E-state index contributed by atoms with van der Waals surface area (Å²) in [6.07, 6.45) is 63.8. The number of nitrogens with one attached hydrogen (secondary N) is 1. The summed E-state index contributed by atoms with van der Waals surface area (Å²) >= 11 is 0. The molecule has 0 fully saturated rings. The summed E-state index contributed by atoms with van der Waals surface area (Å²) < 4.78 is 5.92. The lowest BCUT2D eigenvalue weighted by Gasteiger charge is -2.24. The number of ether oxygens (including phenoxy) is 1. The van der Waals surface area contributed by atoms with Gasteiger partial charge in [-0.2, -0.15) is 0 Å². The average molecular weight is 880 g/mol. The van der Waals surface area contributed by atoms with Crippen LogP contribution in [0, 0.1) is 0 Å². The van der Waals surface area contributed by atoms with Crippen molar-refractivity contribution in [1.82, 2.24) is 5.32 Å². The monoisotopic (exact) mass is 880 g/mol. The molecule has 364 valence electrons. The Kier molecular flexibility index (Phi) is 48.1. The number of carbonyl (C=O) groups excluding carboxylic acids is 2. The lowest BCUT2D eigenvalue weighted by atomic mass is 10.0. The topological polar surface area (TPSA) is 95.9 Å². The standard InChI is InChI=1S/C57H101NO5/c1-4-7-10-13-16-19-22-25-27-29-31-33-36-39-42-45-48-53(63-57(62)50-47-44-41-38-35-32-28-26-23-20-17-14-11-8-5-2)51-56(61)58-54(52-59)55(60)49-46-43-40-37-34-30-24-21-18-15-12-9-6-3/h10,13,16,19-20,22-23,25,27,29,31,33,53-55,59-60H,4-9,11-12,14-15,17-18,21,24,26,28,30,32,34-52H2,1-3H3,(H,58,61)/b13-10+,19-16+,23-20-,25-22+,29-27+,33-31+. The number of esters is 1. The zero-order chi connectivity index (χ0) is 45.9. The molecule has 6 nitrogen and oxygen atoms in total. The van der Waals surface area contributed by atoms with Gasteiger partial charge in [-0.15, -0.1) is 0 Å². The van der Waals surface area contributed by atoms with Gasteiger partial charge >= 0.3 is 5.97 Å². The molecule has 0 saturated heterocycles. The van der Waals surface area contributed by atoms with Gasteiger partial charge in [-0.3, -0.25) is 9.59 Å².